The molecule has 4 heteroatoms. The third kappa shape index (κ3) is 5.27. The summed E-state index contributed by atoms with van der Waals surface area (Å²) in [4.78, 5) is 2.37. The third-order valence-corrected chi connectivity index (χ3v) is 12.7. The van der Waals surface area contributed by atoms with Crippen molar-refractivity contribution in [2.24, 2.45) is 0 Å². The Bertz CT molecular complexity index is 3540. The van der Waals surface area contributed by atoms with Crippen molar-refractivity contribution in [3.8, 4) is 27.9 Å². The minimum atomic E-state index is 0.903. The molecule has 12 rings (SSSR count). The van der Waals surface area contributed by atoms with Gasteiger partial charge in [0.05, 0.1) is 11.0 Å². The van der Waals surface area contributed by atoms with Crippen LogP contribution in [0, 0.1) is 0 Å². The number of hydrogen-bond donors (Lipinski definition) is 0. The lowest BCUT2D eigenvalue weighted by atomic mass is 9.97. The third-order valence-electron chi connectivity index (χ3n) is 11.6. The highest BCUT2D eigenvalue weighted by atomic mass is 32.1. The Morgan fingerprint density at radius 3 is 1.86 bits per heavy atom. The van der Waals surface area contributed by atoms with Gasteiger partial charge in [0.2, 0.25) is 0 Å². The summed E-state index contributed by atoms with van der Waals surface area (Å²) in [5, 5.41) is 7.31. The first kappa shape index (κ1) is 32.8. The Kier molecular flexibility index (Phi) is 7.40. The van der Waals surface area contributed by atoms with E-state index in [1.807, 2.05) is 23.5 Å². The quantitative estimate of drug-likeness (QED) is 0.168. The van der Waals surface area contributed by atoms with E-state index in [4.69, 9.17) is 4.42 Å². The molecule has 0 saturated heterocycles. The predicted octanol–water partition coefficient (Wildman–Crippen LogP) is 15.9. The van der Waals surface area contributed by atoms with E-state index in [2.05, 4.69) is 204 Å². The van der Waals surface area contributed by atoms with E-state index in [0.29, 0.717) is 0 Å². The summed E-state index contributed by atoms with van der Waals surface area (Å²) in [5.74, 6) is 0. The van der Waals surface area contributed by atoms with Crippen molar-refractivity contribution in [1.82, 2.24) is 4.57 Å². The zero-order valence-corrected chi connectivity index (χ0v) is 32.2. The number of aromatic nitrogens is 1. The monoisotopic (exact) mass is 758 g/mol. The molecule has 3 heterocycles. The molecule has 0 aliphatic carbocycles. The highest BCUT2D eigenvalue weighted by molar-refractivity contribution is 7.25. The van der Waals surface area contributed by atoms with Gasteiger partial charge >= 0.3 is 0 Å². The fraction of sp³-hybridized carbons (Fsp3) is 0. The Morgan fingerprint density at radius 2 is 0.983 bits per heavy atom. The van der Waals surface area contributed by atoms with E-state index in [9.17, 15) is 0 Å². The number of rotatable bonds is 6. The molecule has 0 fully saturated rings. The number of anilines is 3. The number of benzene rings is 9. The Labute approximate surface area is 338 Å². The standard InChI is InChI=1S/C54H34N2OS/c1-2-15-39(16-3-1)55(41-26-29-54-48(34-41)45-20-6-9-23-53(45)58-54)40-17-11-14-37(31-40)35-12-10-13-36(30-35)38-24-27-50-46(32-38)43-18-4-7-21-49(43)56(50)42-25-28-52-47(33-42)44-19-5-8-22-51(44)57-52/h1-34H. The normalized spacial score (nSPS) is 11.8. The molecule has 0 saturated carbocycles. The van der Waals surface area contributed by atoms with Crippen LogP contribution in [0.2, 0.25) is 0 Å². The van der Waals surface area contributed by atoms with Crippen molar-refractivity contribution >= 4 is 92.3 Å². The molecule has 272 valence electrons. The van der Waals surface area contributed by atoms with Crippen LogP contribution in [0.3, 0.4) is 0 Å². The van der Waals surface area contributed by atoms with Gasteiger partial charge in [-0.05, 0) is 119 Å². The van der Waals surface area contributed by atoms with Crippen LogP contribution >= 0.6 is 11.3 Å². The summed E-state index contributed by atoms with van der Waals surface area (Å²) < 4.78 is 11.2. The van der Waals surface area contributed by atoms with Gasteiger partial charge in [0.1, 0.15) is 11.2 Å². The van der Waals surface area contributed by atoms with Gasteiger partial charge in [-0.25, -0.2) is 0 Å². The van der Waals surface area contributed by atoms with Crippen molar-refractivity contribution in [3.05, 3.63) is 206 Å². The second-order valence-corrected chi connectivity index (χ2v) is 16.0. The van der Waals surface area contributed by atoms with Crippen LogP contribution in [-0.4, -0.2) is 4.57 Å². The minimum Gasteiger partial charge on any atom is -0.456 e. The first-order chi connectivity index (χ1) is 28.7. The summed E-state index contributed by atoms with van der Waals surface area (Å²) in [7, 11) is 0. The summed E-state index contributed by atoms with van der Waals surface area (Å²) in [6, 6.07) is 74.6. The molecule has 3 aromatic heterocycles. The van der Waals surface area contributed by atoms with Gasteiger partial charge in [-0.2, -0.15) is 0 Å². The van der Waals surface area contributed by atoms with Gasteiger partial charge in [-0.3, -0.25) is 0 Å². The summed E-state index contributed by atoms with van der Waals surface area (Å²) in [6.45, 7) is 0. The van der Waals surface area contributed by atoms with Gasteiger partial charge in [0.15, 0.2) is 0 Å². The van der Waals surface area contributed by atoms with Crippen LogP contribution in [0.4, 0.5) is 17.1 Å². The van der Waals surface area contributed by atoms with Crippen molar-refractivity contribution in [2.75, 3.05) is 4.90 Å². The zero-order chi connectivity index (χ0) is 38.2. The Balaban J connectivity index is 0.946. The number of hydrogen-bond acceptors (Lipinski definition) is 3. The summed E-state index contributed by atoms with van der Waals surface area (Å²) >= 11 is 1.85. The maximum Gasteiger partial charge on any atom is 0.135 e. The first-order valence-corrected chi connectivity index (χ1v) is 20.5. The molecule has 58 heavy (non-hydrogen) atoms. The van der Waals surface area contributed by atoms with E-state index < -0.39 is 0 Å². The molecule has 0 bridgehead atoms. The Morgan fingerprint density at radius 1 is 0.345 bits per heavy atom. The average Bonchev–Trinajstić information content (AvgIpc) is 3.96. The molecule has 0 aliphatic rings. The predicted molar refractivity (Wildman–Crippen MR) is 247 cm³/mol. The fourth-order valence-corrected chi connectivity index (χ4v) is 9.95. The molecule has 0 amide bonds. The number of nitrogens with zero attached hydrogens (tertiary/aromatic N) is 2. The van der Waals surface area contributed by atoms with Crippen LogP contribution < -0.4 is 4.90 Å². The van der Waals surface area contributed by atoms with Crippen LogP contribution in [0.5, 0.6) is 0 Å². The lowest BCUT2D eigenvalue weighted by molar-refractivity contribution is 0.669. The first-order valence-electron chi connectivity index (χ1n) is 19.7. The highest BCUT2D eigenvalue weighted by Gasteiger charge is 2.18. The van der Waals surface area contributed by atoms with E-state index in [-0.39, 0.29) is 0 Å². The molecule has 0 unspecified atom stereocenters. The van der Waals surface area contributed by atoms with Crippen molar-refractivity contribution in [3.63, 3.8) is 0 Å². The summed E-state index contributed by atoms with van der Waals surface area (Å²) in [6.07, 6.45) is 0. The number of thiophene rings is 1. The number of furan rings is 1. The zero-order valence-electron chi connectivity index (χ0n) is 31.3. The van der Waals surface area contributed by atoms with Crippen molar-refractivity contribution in [2.45, 2.75) is 0 Å². The molecule has 0 spiro atoms. The maximum atomic E-state index is 6.18. The van der Waals surface area contributed by atoms with E-state index in [0.717, 1.165) is 44.7 Å². The van der Waals surface area contributed by atoms with Crippen molar-refractivity contribution in [1.29, 1.82) is 0 Å². The fourth-order valence-electron chi connectivity index (χ4n) is 8.86. The number of para-hydroxylation sites is 3. The van der Waals surface area contributed by atoms with Crippen LogP contribution in [0.15, 0.2) is 211 Å². The molecule has 0 atom stereocenters. The second kappa shape index (κ2) is 13.1. The van der Waals surface area contributed by atoms with Gasteiger partial charge in [0, 0.05) is 64.5 Å². The second-order valence-electron chi connectivity index (χ2n) is 14.9. The van der Waals surface area contributed by atoms with E-state index in [1.165, 1.54) is 64.2 Å². The largest absolute Gasteiger partial charge is 0.456 e. The molecular weight excluding hydrogens is 725 g/mol. The van der Waals surface area contributed by atoms with E-state index in [1.54, 1.807) is 0 Å². The molecule has 12 aromatic rings. The molecule has 3 nitrogen and oxygen atoms in total. The van der Waals surface area contributed by atoms with Crippen LogP contribution in [0.1, 0.15) is 0 Å². The lowest BCUT2D eigenvalue weighted by Gasteiger charge is -2.26. The lowest BCUT2D eigenvalue weighted by Crippen LogP contribution is -2.09. The van der Waals surface area contributed by atoms with Gasteiger partial charge in [0.25, 0.3) is 0 Å². The molecule has 0 aliphatic heterocycles. The SMILES string of the molecule is c1ccc(N(c2cccc(-c3cccc(-c4ccc5c(c4)c4ccccc4n5-c4ccc5oc6ccccc6c5c4)c3)c2)c2ccc3sc4ccccc4c3c2)cc1. The minimum absolute atomic E-state index is 0.903. The van der Waals surface area contributed by atoms with Crippen LogP contribution in [-0.2, 0) is 0 Å². The van der Waals surface area contributed by atoms with Crippen molar-refractivity contribution < 1.29 is 4.42 Å². The molecule has 9 aromatic carbocycles. The van der Waals surface area contributed by atoms with Gasteiger partial charge < -0.3 is 13.9 Å². The highest BCUT2D eigenvalue weighted by Crippen LogP contribution is 2.42. The molecule has 0 N–H and O–H groups in total. The van der Waals surface area contributed by atoms with Gasteiger partial charge in [-0.1, -0.05) is 109 Å². The topological polar surface area (TPSA) is 21.3 Å². The van der Waals surface area contributed by atoms with Gasteiger partial charge in [-0.15, -0.1) is 11.3 Å². The van der Waals surface area contributed by atoms with Crippen LogP contribution in [0.25, 0.3) is 91.9 Å². The average molecular weight is 759 g/mol. The smallest absolute Gasteiger partial charge is 0.135 e. The maximum absolute atomic E-state index is 6.18. The molecule has 0 radical (unpaired) electrons. The van der Waals surface area contributed by atoms with E-state index >= 15 is 0 Å². The number of fused-ring (bicyclic) bond motifs is 9. The molecular formula is C54H34N2OS. The summed E-state index contributed by atoms with van der Waals surface area (Å²) in [5.41, 5.74) is 13.4. The Hall–Kier alpha value is -7.40.